The molecule has 5 amide bonds. The summed E-state index contributed by atoms with van der Waals surface area (Å²) in [6.07, 6.45) is 7.20. The molecular formula is C40H54BrN5O9. The van der Waals surface area contributed by atoms with Crippen LogP contribution in [0, 0.1) is 17.3 Å². The summed E-state index contributed by atoms with van der Waals surface area (Å²) in [5, 5.41) is 19.7. The molecular weight excluding hydrogens is 774 g/mol. The van der Waals surface area contributed by atoms with Crippen molar-refractivity contribution in [3.05, 3.63) is 46.5 Å². The predicted octanol–water partition coefficient (Wildman–Crippen LogP) is 3.84. The van der Waals surface area contributed by atoms with Gasteiger partial charge >= 0.3 is 6.09 Å². The van der Waals surface area contributed by atoms with Crippen LogP contribution in [0.15, 0.2) is 35.3 Å². The zero-order chi connectivity index (χ0) is 39.9. The number of amides is 5. The summed E-state index contributed by atoms with van der Waals surface area (Å²) in [6.45, 7) is 12.1. The van der Waals surface area contributed by atoms with E-state index in [1.54, 1.807) is 56.9 Å². The lowest BCUT2D eigenvalue weighted by Crippen LogP contribution is -2.59. The van der Waals surface area contributed by atoms with Crippen molar-refractivity contribution in [3.8, 4) is 0 Å². The second-order valence-electron chi connectivity index (χ2n) is 16.7. The van der Waals surface area contributed by atoms with Crippen LogP contribution in [0.1, 0.15) is 106 Å². The molecule has 2 aliphatic heterocycles. The molecule has 1 aromatic rings. The van der Waals surface area contributed by atoms with Crippen LogP contribution in [-0.4, -0.2) is 112 Å². The first-order chi connectivity index (χ1) is 26.0. The molecule has 3 aliphatic carbocycles. The summed E-state index contributed by atoms with van der Waals surface area (Å²) < 4.78 is 11.7. The molecule has 2 saturated heterocycles. The highest BCUT2D eigenvalue weighted by Gasteiger charge is 2.80. The molecule has 4 N–H and O–H groups in total. The minimum atomic E-state index is -2.03. The fourth-order valence-electron chi connectivity index (χ4n) is 8.67. The monoisotopic (exact) mass is 827 g/mol. The van der Waals surface area contributed by atoms with E-state index in [2.05, 4.69) is 38.5 Å². The summed E-state index contributed by atoms with van der Waals surface area (Å²) in [7, 11) is 0. The number of rotatable bonds is 12. The van der Waals surface area contributed by atoms with Crippen LogP contribution in [0.4, 0.5) is 4.79 Å². The van der Waals surface area contributed by atoms with E-state index in [0.29, 0.717) is 24.0 Å². The SMILES string of the molecule is C=CC1CC1(NC(=O)[C@@H]1C[C@@H](NC(=O)c2cc(Br)ccc2C(=O)N2CCCCC2)CN1C(=O)[C@@H](NC(=O)OC1CCCC1)C(C)(C)C)C1C(=O)C1(O)OCC. The van der Waals surface area contributed by atoms with Gasteiger partial charge in [-0.05, 0) is 88.3 Å². The van der Waals surface area contributed by atoms with Crippen molar-refractivity contribution in [2.24, 2.45) is 17.3 Å². The molecule has 15 heteroatoms. The van der Waals surface area contributed by atoms with Crippen molar-refractivity contribution in [2.75, 3.05) is 26.2 Å². The molecule has 5 fully saturated rings. The first-order valence-electron chi connectivity index (χ1n) is 19.6. The number of halogens is 1. The van der Waals surface area contributed by atoms with Crippen molar-refractivity contribution in [2.45, 2.75) is 121 Å². The van der Waals surface area contributed by atoms with Crippen molar-refractivity contribution in [1.29, 1.82) is 0 Å². The van der Waals surface area contributed by atoms with Gasteiger partial charge in [0.2, 0.25) is 23.4 Å². The third-order valence-corrected chi connectivity index (χ3v) is 12.3. The second kappa shape index (κ2) is 16.0. The molecule has 3 saturated carbocycles. The van der Waals surface area contributed by atoms with Gasteiger partial charge in [-0.15, -0.1) is 6.58 Å². The lowest BCUT2D eigenvalue weighted by molar-refractivity contribution is -0.154. The minimum Gasteiger partial charge on any atom is -0.446 e. The molecule has 6 rings (SSSR count). The number of ketones is 1. The Hall–Kier alpha value is -3.82. The maximum atomic E-state index is 14.6. The summed E-state index contributed by atoms with van der Waals surface area (Å²) in [6, 6.07) is 1.95. The van der Waals surface area contributed by atoms with E-state index in [9.17, 15) is 33.9 Å². The molecule has 14 nitrogen and oxygen atoms in total. The number of hydrogen-bond acceptors (Lipinski definition) is 9. The Morgan fingerprint density at radius 3 is 2.38 bits per heavy atom. The number of nitrogens with zero attached hydrogens (tertiary/aromatic N) is 2. The predicted molar refractivity (Wildman–Crippen MR) is 205 cm³/mol. The van der Waals surface area contributed by atoms with Crippen LogP contribution in [0.5, 0.6) is 0 Å². The van der Waals surface area contributed by atoms with E-state index < -0.39 is 70.4 Å². The molecule has 0 radical (unpaired) electrons. The molecule has 0 aromatic heterocycles. The third kappa shape index (κ3) is 8.34. The van der Waals surface area contributed by atoms with Crippen LogP contribution in [-0.2, 0) is 23.9 Å². The molecule has 5 aliphatic rings. The fraction of sp³-hybridized carbons (Fsp3) is 0.650. The average Bonchev–Trinajstić information content (AvgIpc) is 3.69. The molecule has 300 valence electrons. The number of nitrogens with one attached hydrogen (secondary N) is 3. The highest BCUT2D eigenvalue weighted by Crippen LogP contribution is 2.61. The number of alkyl carbamates (subject to hydrolysis) is 1. The van der Waals surface area contributed by atoms with E-state index in [-0.39, 0.29) is 48.6 Å². The summed E-state index contributed by atoms with van der Waals surface area (Å²) in [5.41, 5.74) is -1.56. The summed E-state index contributed by atoms with van der Waals surface area (Å²) in [4.78, 5) is 85.8. The van der Waals surface area contributed by atoms with Gasteiger partial charge in [0.1, 0.15) is 24.1 Å². The number of piperidine rings is 1. The molecule has 0 bridgehead atoms. The Kier molecular flexibility index (Phi) is 11.9. The first-order valence-corrected chi connectivity index (χ1v) is 20.4. The number of carbonyl (C=O) groups excluding carboxylic acids is 6. The van der Waals surface area contributed by atoms with Gasteiger partial charge in [0.15, 0.2) is 0 Å². The Labute approximate surface area is 330 Å². The van der Waals surface area contributed by atoms with Gasteiger partial charge in [0, 0.05) is 42.7 Å². The van der Waals surface area contributed by atoms with Crippen molar-refractivity contribution in [3.63, 3.8) is 0 Å². The van der Waals surface area contributed by atoms with E-state index >= 15 is 0 Å². The van der Waals surface area contributed by atoms with Gasteiger partial charge in [-0.25, -0.2) is 4.79 Å². The third-order valence-electron chi connectivity index (χ3n) is 11.8. The van der Waals surface area contributed by atoms with Crippen LogP contribution in [0.25, 0.3) is 0 Å². The second-order valence-corrected chi connectivity index (χ2v) is 17.6. The molecule has 2 heterocycles. The van der Waals surface area contributed by atoms with Crippen molar-refractivity contribution in [1.82, 2.24) is 25.8 Å². The number of likely N-dealkylation sites (tertiary alicyclic amines) is 2. The zero-order valence-corrected chi connectivity index (χ0v) is 33.7. The van der Waals surface area contributed by atoms with Gasteiger partial charge in [-0.2, -0.15) is 0 Å². The topological polar surface area (TPSA) is 184 Å². The standard InChI is InChI=1S/C40H54BrN5O9/c1-6-23-21-39(23,30-32(47)40(30,53)54-7-2)44-34(49)29-20-25(22-46(29)36(51)31(38(3,4)5)43-37(52)55-26-13-9-10-14-26)42-33(48)28-19-24(41)15-16-27(28)35(50)45-17-11-8-12-18-45/h6,15-16,19,23,25-26,29-31,53H,1,7-14,17-18,20-22H2,2-5H3,(H,42,48)(H,43,52)(H,44,49)/t23?,25-,29+,30?,31-,39?,40?/m1/s1. The molecule has 4 unspecified atom stereocenters. The Morgan fingerprint density at radius 1 is 1.07 bits per heavy atom. The lowest BCUT2D eigenvalue weighted by atomic mass is 9.85. The Balaban J connectivity index is 1.26. The van der Waals surface area contributed by atoms with Gasteiger partial charge in [-0.3, -0.25) is 24.0 Å². The number of ether oxygens (including phenoxy) is 2. The molecule has 1 aromatic carbocycles. The lowest BCUT2D eigenvalue weighted by Gasteiger charge is -2.35. The number of benzene rings is 1. The number of carbonyl (C=O) groups is 6. The Bertz CT molecular complexity index is 1720. The van der Waals surface area contributed by atoms with Crippen LogP contribution in [0.3, 0.4) is 0 Å². The number of Topliss-reactive ketones (excluding diaryl/α,β-unsaturated/α-hetero) is 1. The van der Waals surface area contributed by atoms with Crippen LogP contribution < -0.4 is 16.0 Å². The van der Waals surface area contributed by atoms with Crippen LogP contribution >= 0.6 is 15.9 Å². The van der Waals surface area contributed by atoms with E-state index in [1.807, 2.05) is 0 Å². The summed E-state index contributed by atoms with van der Waals surface area (Å²) in [5.74, 6) is -5.83. The molecule has 55 heavy (non-hydrogen) atoms. The first kappa shape index (κ1) is 40.8. The van der Waals surface area contributed by atoms with Crippen LogP contribution in [0.2, 0.25) is 0 Å². The number of aliphatic hydroxyl groups is 1. The fourth-order valence-corrected chi connectivity index (χ4v) is 9.03. The summed E-state index contributed by atoms with van der Waals surface area (Å²) >= 11 is 3.43. The molecule has 7 atom stereocenters. The van der Waals surface area contributed by atoms with Crippen molar-refractivity contribution < 1.29 is 43.3 Å². The molecule has 0 spiro atoms. The van der Waals surface area contributed by atoms with Gasteiger partial charge in [0.25, 0.3) is 11.8 Å². The zero-order valence-electron chi connectivity index (χ0n) is 32.2. The Morgan fingerprint density at radius 2 is 1.76 bits per heavy atom. The quantitative estimate of drug-likeness (QED) is 0.180. The van der Waals surface area contributed by atoms with Gasteiger partial charge < -0.3 is 40.3 Å². The van der Waals surface area contributed by atoms with Gasteiger partial charge in [-0.1, -0.05) is 42.8 Å². The van der Waals surface area contributed by atoms with E-state index in [0.717, 1.165) is 44.9 Å². The maximum absolute atomic E-state index is 14.6. The maximum Gasteiger partial charge on any atom is 0.408 e. The highest BCUT2D eigenvalue weighted by atomic mass is 79.9. The minimum absolute atomic E-state index is 0.000713. The average molecular weight is 829 g/mol. The number of hydrogen-bond donors (Lipinski definition) is 4. The smallest absolute Gasteiger partial charge is 0.408 e. The van der Waals surface area contributed by atoms with Gasteiger partial charge in [0.05, 0.1) is 16.7 Å². The van der Waals surface area contributed by atoms with E-state index in [1.165, 1.54) is 4.90 Å². The van der Waals surface area contributed by atoms with Crippen molar-refractivity contribution >= 4 is 51.4 Å². The largest absolute Gasteiger partial charge is 0.446 e. The highest BCUT2D eigenvalue weighted by molar-refractivity contribution is 9.10. The van der Waals surface area contributed by atoms with E-state index in [4.69, 9.17) is 9.47 Å². The normalized spacial score (nSPS) is 29.7.